The van der Waals surface area contributed by atoms with Gasteiger partial charge in [-0.2, -0.15) is 8.42 Å². The molecule has 0 aromatic heterocycles. The van der Waals surface area contributed by atoms with Gasteiger partial charge in [-0.15, -0.1) is 0 Å². The summed E-state index contributed by atoms with van der Waals surface area (Å²) in [7, 11) is -2.69. The van der Waals surface area contributed by atoms with Crippen LogP contribution in [0.2, 0.25) is 0 Å². The predicted octanol–water partition coefficient (Wildman–Crippen LogP) is 2.29. The minimum absolute atomic E-state index is 0.00585. The molecule has 0 aliphatic rings. The average molecular weight is 377 g/mol. The van der Waals surface area contributed by atoms with Gasteiger partial charge >= 0.3 is 16.1 Å². The Hall–Kier alpha value is -2.71. The summed E-state index contributed by atoms with van der Waals surface area (Å²) in [5.41, 5.74) is 1.02. The lowest BCUT2D eigenvalue weighted by atomic mass is 10.1. The molecule has 0 fully saturated rings. The van der Waals surface area contributed by atoms with Crippen LogP contribution in [-0.2, 0) is 28.7 Å². The number of ether oxygens (including phenoxy) is 2. The topological polar surface area (TPSA) is 91.3 Å². The molecular formula is C18H19NO6S. The van der Waals surface area contributed by atoms with E-state index in [0.717, 1.165) is 5.56 Å². The number of aryl methyl sites for hydroxylation is 1. The van der Waals surface area contributed by atoms with Gasteiger partial charge in [-0.25, -0.2) is 4.79 Å². The Labute approximate surface area is 152 Å². The lowest BCUT2D eigenvalue weighted by molar-refractivity contribution is -0.136. The van der Waals surface area contributed by atoms with Crippen molar-refractivity contribution in [2.75, 3.05) is 20.3 Å². The summed E-state index contributed by atoms with van der Waals surface area (Å²) >= 11 is 0. The number of hydrogen-bond acceptors (Lipinski definition) is 7. The van der Waals surface area contributed by atoms with Crippen LogP contribution in [0.3, 0.4) is 0 Å². The zero-order chi connectivity index (χ0) is 19.0. The van der Waals surface area contributed by atoms with Gasteiger partial charge in [0.05, 0.1) is 6.61 Å². The number of hydrogen-bond donors (Lipinski definition) is 0. The molecule has 2 aromatic rings. The van der Waals surface area contributed by atoms with Gasteiger partial charge in [0.2, 0.25) is 0 Å². The van der Waals surface area contributed by atoms with Gasteiger partial charge < -0.3 is 9.47 Å². The maximum Gasteiger partial charge on any atom is 0.361 e. The molecule has 0 aliphatic heterocycles. The second-order valence-electron chi connectivity index (χ2n) is 5.28. The quantitative estimate of drug-likeness (QED) is 0.303. The van der Waals surface area contributed by atoms with E-state index in [-0.39, 0.29) is 23.8 Å². The lowest BCUT2D eigenvalue weighted by Crippen LogP contribution is -2.21. The van der Waals surface area contributed by atoms with E-state index in [0.29, 0.717) is 5.56 Å². The molecule has 0 spiro atoms. The van der Waals surface area contributed by atoms with E-state index in [1.165, 1.54) is 19.2 Å². The van der Waals surface area contributed by atoms with E-state index < -0.39 is 16.1 Å². The molecule has 2 rings (SSSR count). The van der Waals surface area contributed by atoms with Crippen molar-refractivity contribution in [1.82, 2.24) is 0 Å². The van der Waals surface area contributed by atoms with Crippen LogP contribution in [-0.4, -0.2) is 40.4 Å². The molecule has 26 heavy (non-hydrogen) atoms. The van der Waals surface area contributed by atoms with Crippen LogP contribution in [0, 0.1) is 6.92 Å². The zero-order valence-electron chi connectivity index (χ0n) is 14.4. The highest BCUT2D eigenvalue weighted by atomic mass is 32.2. The SMILES string of the molecule is COCCOC(=O)/C(=N/OS(=O)(=O)c1ccc(C)cc1)c1ccccc1. The van der Waals surface area contributed by atoms with E-state index in [9.17, 15) is 13.2 Å². The van der Waals surface area contributed by atoms with E-state index in [4.69, 9.17) is 13.8 Å². The lowest BCUT2D eigenvalue weighted by Gasteiger charge is -2.08. The van der Waals surface area contributed by atoms with Crippen molar-refractivity contribution in [3.63, 3.8) is 0 Å². The number of carbonyl (C=O) groups is 1. The van der Waals surface area contributed by atoms with Crippen molar-refractivity contribution in [1.29, 1.82) is 0 Å². The summed E-state index contributed by atoms with van der Waals surface area (Å²) in [4.78, 5) is 12.2. The number of rotatable bonds is 8. The Morgan fingerprint density at radius 1 is 1.00 bits per heavy atom. The summed E-state index contributed by atoms with van der Waals surface area (Å²) in [6.45, 7) is 2.04. The second kappa shape index (κ2) is 9.12. The maximum absolute atomic E-state index is 12.3. The first-order valence-corrected chi connectivity index (χ1v) is 9.14. The summed E-state index contributed by atoms with van der Waals surface area (Å²) in [6, 6.07) is 14.4. The van der Waals surface area contributed by atoms with Gasteiger partial charge in [-0.05, 0) is 19.1 Å². The second-order valence-corrected chi connectivity index (χ2v) is 6.81. The molecule has 0 saturated carbocycles. The van der Waals surface area contributed by atoms with Crippen LogP contribution < -0.4 is 0 Å². The number of nitrogens with zero attached hydrogens (tertiary/aromatic N) is 1. The van der Waals surface area contributed by atoms with Gasteiger partial charge in [-0.3, -0.25) is 4.28 Å². The zero-order valence-corrected chi connectivity index (χ0v) is 15.2. The van der Waals surface area contributed by atoms with Crippen molar-refractivity contribution in [3.05, 3.63) is 65.7 Å². The highest BCUT2D eigenvalue weighted by molar-refractivity contribution is 7.86. The van der Waals surface area contributed by atoms with Crippen molar-refractivity contribution in [2.24, 2.45) is 5.16 Å². The van der Waals surface area contributed by atoms with E-state index in [1.54, 1.807) is 42.5 Å². The first-order valence-electron chi connectivity index (χ1n) is 7.74. The standard InChI is InChI=1S/C18H19NO6S/c1-14-8-10-16(11-9-14)26(21,22)25-19-17(15-6-4-3-5-7-15)18(20)24-13-12-23-2/h3-11H,12-13H2,1-2H3/b19-17+. The highest BCUT2D eigenvalue weighted by Gasteiger charge is 2.21. The minimum atomic E-state index is -4.16. The van der Waals surface area contributed by atoms with Crippen molar-refractivity contribution in [3.8, 4) is 0 Å². The molecule has 0 saturated heterocycles. The Morgan fingerprint density at radius 3 is 2.27 bits per heavy atom. The third kappa shape index (κ3) is 5.40. The molecule has 7 nitrogen and oxygen atoms in total. The number of carbonyl (C=O) groups excluding carboxylic acids is 1. The molecule has 2 aromatic carbocycles. The fourth-order valence-electron chi connectivity index (χ4n) is 1.92. The smallest absolute Gasteiger partial charge is 0.361 e. The number of oxime groups is 1. The van der Waals surface area contributed by atoms with Crippen LogP contribution in [0.1, 0.15) is 11.1 Å². The van der Waals surface area contributed by atoms with Gasteiger partial charge in [0.15, 0.2) is 5.71 Å². The van der Waals surface area contributed by atoms with Gasteiger partial charge in [-0.1, -0.05) is 53.2 Å². The molecule has 0 bridgehead atoms. The van der Waals surface area contributed by atoms with Crippen LogP contribution >= 0.6 is 0 Å². The van der Waals surface area contributed by atoms with Gasteiger partial charge in [0.25, 0.3) is 0 Å². The molecule has 0 N–H and O–H groups in total. The maximum atomic E-state index is 12.3. The largest absolute Gasteiger partial charge is 0.458 e. The molecule has 0 amide bonds. The fraction of sp³-hybridized carbons (Fsp3) is 0.222. The predicted molar refractivity (Wildman–Crippen MR) is 95.3 cm³/mol. The van der Waals surface area contributed by atoms with E-state index in [2.05, 4.69) is 5.16 Å². The van der Waals surface area contributed by atoms with Gasteiger partial charge in [0, 0.05) is 12.7 Å². The summed E-state index contributed by atoms with van der Waals surface area (Å²) in [5, 5.41) is 3.56. The molecule has 8 heteroatoms. The van der Waals surface area contributed by atoms with E-state index >= 15 is 0 Å². The van der Waals surface area contributed by atoms with Gasteiger partial charge in [0.1, 0.15) is 11.5 Å². The Bertz CT molecular complexity index is 860. The molecule has 0 radical (unpaired) electrons. The summed E-state index contributed by atoms with van der Waals surface area (Å²) < 4.78 is 39.1. The normalized spacial score (nSPS) is 11.8. The molecule has 138 valence electrons. The van der Waals surface area contributed by atoms with Crippen LogP contribution in [0.25, 0.3) is 0 Å². The third-order valence-electron chi connectivity index (χ3n) is 3.30. The summed E-state index contributed by atoms with van der Waals surface area (Å²) in [6.07, 6.45) is 0. The molecule has 0 unspecified atom stereocenters. The Kier molecular flexibility index (Phi) is 6.88. The molecule has 0 heterocycles. The van der Waals surface area contributed by atoms with Crippen LogP contribution in [0.5, 0.6) is 0 Å². The monoisotopic (exact) mass is 377 g/mol. The fourth-order valence-corrected chi connectivity index (χ4v) is 2.65. The molecule has 0 aliphatic carbocycles. The van der Waals surface area contributed by atoms with E-state index in [1.807, 2.05) is 6.92 Å². The highest BCUT2D eigenvalue weighted by Crippen LogP contribution is 2.14. The molecular weight excluding hydrogens is 358 g/mol. The first kappa shape index (κ1) is 19.6. The number of esters is 1. The first-order chi connectivity index (χ1) is 12.4. The van der Waals surface area contributed by atoms with Crippen LogP contribution in [0.15, 0.2) is 64.6 Å². The number of methoxy groups -OCH3 is 1. The van der Waals surface area contributed by atoms with Crippen molar-refractivity contribution in [2.45, 2.75) is 11.8 Å². The molecule has 0 atom stereocenters. The number of benzene rings is 2. The van der Waals surface area contributed by atoms with Crippen LogP contribution in [0.4, 0.5) is 0 Å². The third-order valence-corrected chi connectivity index (χ3v) is 4.42. The Morgan fingerprint density at radius 2 is 1.65 bits per heavy atom. The Balaban J connectivity index is 2.26. The van der Waals surface area contributed by atoms with Crippen molar-refractivity contribution >= 4 is 21.8 Å². The average Bonchev–Trinajstić information content (AvgIpc) is 2.63. The van der Waals surface area contributed by atoms with Crippen molar-refractivity contribution < 1.29 is 27.0 Å². The summed E-state index contributed by atoms with van der Waals surface area (Å²) in [5.74, 6) is -0.813. The minimum Gasteiger partial charge on any atom is -0.458 e.